The standard InChI is InChI=1S/C29H36FNO2/c1-19-9-14-26-28(3,4)27(33-20(2)32)15-16-29(26,5)25(19)13-12-24-11-10-22(18-31-24)21-7-6-8-23(30)17-21/h6-8,10-13,17-19,25-27H,9,14-16H2,1-5H3/b13-12+/t19-,25+,26+,27+,29-/m0/s1. The number of pyridine rings is 1. The Morgan fingerprint density at radius 2 is 1.91 bits per heavy atom. The number of carbonyl (C=O) groups excluding carboxylic acids is 1. The molecule has 2 aliphatic rings. The minimum Gasteiger partial charge on any atom is -0.462 e. The van der Waals surface area contributed by atoms with E-state index >= 15 is 0 Å². The van der Waals surface area contributed by atoms with Crippen molar-refractivity contribution in [3.05, 3.63) is 60.2 Å². The summed E-state index contributed by atoms with van der Waals surface area (Å²) in [5.74, 6) is 1.12. The van der Waals surface area contributed by atoms with E-state index in [1.165, 1.54) is 31.9 Å². The molecular formula is C29H36FNO2. The van der Waals surface area contributed by atoms with Crippen LogP contribution in [0.2, 0.25) is 0 Å². The molecule has 33 heavy (non-hydrogen) atoms. The number of allylic oxidation sites excluding steroid dienone is 1. The van der Waals surface area contributed by atoms with E-state index in [0.717, 1.165) is 29.7 Å². The zero-order valence-corrected chi connectivity index (χ0v) is 20.5. The Morgan fingerprint density at radius 1 is 1.12 bits per heavy atom. The zero-order chi connectivity index (χ0) is 23.8. The van der Waals surface area contributed by atoms with E-state index in [1.807, 2.05) is 24.4 Å². The van der Waals surface area contributed by atoms with Crippen molar-refractivity contribution in [1.29, 1.82) is 0 Å². The molecule has 176 valence electrons. The average Bonchev–Trinajstić information content (AvgIpc) is 2.75. The lowest BCUT2D eigenvalue weighted by Crippen LogP contribution is -2.56. The number of fused-ring (bicyclic) bond motifs is 1. The van der Waals surface area contributed by atoms with Crippen LogP contribution in [0.3, 0.4) is 0 Å². The van der Waals surface area contributed by atoms with Gasteiger partial charge in [0, 0.05) is 24.1 Å². The number of hydrogen-bond acceptors (Lipinski definition) is 3. The topological polar surface area (TPSA) is 39.2 Å². The second kappa shape index (κ2) is 9.04. The Bertz CT molecular complexity index is 1030. The van der Waals surface area contributed by atoms with Crippen LogP contribution in [0.15, 0.2) is 48.7 Å². The highest BCUT2D eigenvalue weighted by molar-refractivity contribution is 5.66. The number of aromatic nitrogens is 1. The minimum absolute atomic E-state index is 0.0110. The van der Waals surface area contributed by atoms with E-state index in [1.54, 1.807) is 6.07 Å². The van der Waals surface area contributed by atoms with Crippen molar-refractivity contribution in [2.75, 3.05) is 0 Å². The first-order chi connectivity index (χ1) is 15.6. The summed E-state index contributed by atoms with van der Waals surface area (Å²) in [5.41, 5.74) is 2.78. The molecule has 2 fully saturated rings. The number of benzene rings is 1. The molecule has 2 aliphatic carbocycles. The molecule has 2 aromatic rings. The largest absolute Gasteiger partial charge is 0.462 e. The molecule has 1 heterocycles. The molecule has 0 bridgehead atoms. The van der Waals surface area contributed by atoms with Crippen molar-refractivity contribution < 1.29 is 13.9 Å². The van der Waals surface area contributed by atoms with Crippen molar-refractivity contribution in [3.63, 3.8) is 0 Å². The summed E-state index contributed by atoms with van der Waals surface area (Å²) in [5, 5.41) is 0. The number of halogens is 1. The fourth-order valence-corrected chi connectivity index (χ4v) is 6.79. The fourth-order valence-electron chi connectivity index (χ4n) is 6.79. The lowest BCUT2D eigenvalue weighted by molar-refractivity contribution is -0.178. The van der Waals surface area contributed by atoms with Gasteiger partial charge in [0.25, 0.3) is 0 Å². The van der Waals surface area contributed by atoms with Crippen LogP contribution in [-0.4, -0.2) is 17.1 Å². The molecule has 4 heteroatoms. The summed E-state index contributed by atoms with van der Waals surface area (Å²) in [4.78, 5) is 16.3. The van der Waals surface area contributed by atoms with Crippen LogP contribution in [0.4, 0.5) is 4.39 Å². The van der Waals surface area contributed by atoms with Gasteiger partial charge in [-0.3, -0.25) is 9.78 Å². The Balaban J connectivity index is 1.55. The van der Waals surface area contributed by atoms with Crippen molar-refractivity contribution in [1.82, 2.24) is 4.98 Å². The Hall–Kier alpha value is -2.49. The van der Waals surface area contributed by atoms with Gasteiger partial charge in [-0.2, -0.15) is 0 Å². The van der Waals surface area contributed by atoms with Crippen LogP contribution >= 0.6 is 0 Å². The van der Waals surface area contributed by atoms with Gasteiger partial charge >= 0.3 is 5.97 Å². The predicted octanol–water partition coefficient (Wildman–Crippen LogP) is 7.32. The average molecular weight is 450 g/mol. The number of hydrogen-bond donors (Lipinski definition) is 0. The molecule has 0 radical (unpaired) electrons. The number of nitrogens with zero attached hydrogens (tertiary/aromatic N) is 1. The van der Waals surface area contributed by atoms with E-state index in [2.05, 4.69) is 44.8 Å². The Morgan fingerprint density at radius 3 is 2.58 bits per heavy atom. The van der Waals surface area contributed by atoms with Crippen LogP contribution in [0.25, 0.3) is 17.2 Å². The number of carbonyl (C=O) groups is 1. The third kappa shape index (κ3) is 4.62. The minimum atomic E-state index is -0.239. The highest BCUT2D eigenvalue weighted by atomic mass is 19.1. The maximum Gasteiger partial charge on any atom is 0.302 e. The summed E-state index contributed by atoms with van der Waals surface area (Å²) in [7, 11) is 0. The van der Waals surface area contributed by atoms with Gasteiger partial charge < -0.3 is 4.74 Å². The third-order valence-electron chi connectivity index (χ3n) is 8.48. The van der Waals surface area contributed by atoms with Gasteiger partial charge in [-0.15, -0.1) is 0 Å². The van der Waals surface area contributed by atoms with Gasteiger partial charge in [0.1, 0.15) is 11.9 Å². The first-order valence-electron chi connectivity index (χ1n) is 12.2. The molecule has 0 unspecified atom stereocenters. The number of ether oxygens (including phenoxy) is 1. The van der Waals surface area contributed by atoms with Gasteiger partial charge in [0.15, 0.2) is 0 Å². The van der Waals surface area contributed by atoms with Crippen LogP contribution < -0.4 is 0 Å². The SMILES string of the molecule is CC(=O)O[C@@H]1CC[C@@]2(C)[C@H](/C=C/c3ccc(-c4cccc(F)c4)cn3)[C@@H](C)CC[C@@H]2C1(C)C. The highest BCUT2D eigenvalue weighted by Crippen LogP contribution is 2.62. The maximum absolute atomic E-state index is 13.6. The predicted molar refractivity (Wildman–Crippen MR) is 131 cm³/mol. The number of esters is 1. The monoisotopic (exact) mass is 449 g/mol. The Kier molecular flexibility index (Phi) is 6.48. The van der Waals surface area contributed by atoms with E-state index < -0.39 is 0 Å². The molecule has 0 amide bonds. The molecule has 1 aromatic heterocycles. The molecule has 0 N–H and O–H groups in total. The van der Waals surface area contributed by atoms with Crippen molar-refractivity contribution >= 4 is 12.0 Å². The van der Waals surface area contributed by atoms with Gasteiger partial charge in [0.2, 0.25) is 0 Å². The second-order valence-electron chi connectivity index (χ2n) is 10.9. The van der Waals surface area contributed by atoms with Crippen molar-refractivity contribution in [2.45, 2.75) is 66.4 Å². The first-order valence-corrected chi connectivity index (χ1v) is 12.2. The lowest BCUT2D eigenvalue weighted by Gasteiger charge is -2.60. The molecule has 0 saturated heterocycles. The molecule has 0 aliphatic heterocycles. The van der Waals surface area contributed by atoms with E-state index in [-0.39, 0.29) is 28.7 Å². The summed E-state index contributed by atoms with van der Waals surface area (Å²) < 4.78 is 19.3. The zero-order valence-electron chi connectivity index (χ0n) is 20.5. The quantitative estimate of drug-likeness (QED) is 0.459. The second-order valence-corrected chi connectivity index (χ2v) is 10.9. The molecule has 5 atom stereocenters. The first kappa shape index (κ1) is 23.7. The van der Waals surface area contributed by atoms with Crippen LogP contribution in [0.5, 0.6) is 0 Å². The molecule has 0 spiro atoms. The van der Waals surface area contributed by atoms with E-state index in [0.29, 0.717) is 17.8 Å². The van der Waals surface area contributed by atoms with Crippen LogP contribution in [-0.2, 0) is 9.53 Å². The highest BCUT2D eigenvalue weighted by Gasteiger charge is 2.57. The molecule has 2 saturated carbocycles. The molecular weight excluding hydrogens is 413 g/mol. The smallest absolute Gasteiger partial charge is 0.302 e. The Labute approximate surface area is 197 Å². The summed E-state index contributed by atoms with van der Waals surface area (Å²) >= 11 is 0. The molecule has 3 nitrogen and oxygen atoms in total. The van der Waals surface area contributed by atoms with Crippen molar-refractivity contribution in [3.8, 4) is 11.1 Å². The normalized spacial score (nSPS) is 31.2. The maximum atomic E-state index is 13.6. The summed E-state index contributed by atoms with van der Waals surface area (Å²) in [6, 6.07) is 10.6. The van der Waals surface area contributed by atoms with E-state index in [4.69, 9.17) is 4.74 Å². The summed E-state index contributed by atoms with van der Waals surface area (Å²) in [6.45, 7) is 10.9. The van der Waals surface area contributed by atoms with Crippen molar-refractivity contribution in [2.24, 2.45) is 28.6 Å². The van der Waals surface area contributed by atoms with E-state index in [9.17, 15) is 9.18 Å². The van der Waals surface area contributed by atoms with Gasteiger partial charge in [-0.1, -0.05) is 52.0 Å². The fraction of sp³-hybridized carbons (Fsp3) is 0.517. The van der Waals surface area contributed by atoms with Gasteiger partial charge in [-0.25, -0.2) is 4.39 Å². The van der Waals surface area contributed by atoms with Crippen LogP contribution in [0.1, 0.15) is 66.0 Å². The summed E-state index contributed by atoms with van der Waals surface area (Å²) in [6.07, 6.45) is 10.6. The van der Waals surface area contributed by atoms with Gasteiger partial charge in [-0.05, 0) is 78.7 Å². The number of rotatable bonds is 4. The van der Waals surface area contributed by atoms with Crippen LogP contribution in [0, 0.1) is 34.4 Å². The third-order valence-corrected chi connectivity index (χ3v) is 8.48. The molecule has 4 rings (SSSR count). The lowest BCUT2D eigenvalue weighted by atomic mass is 9.46. The van der Waals surface area contributed by atoms with Gasteiger partial charge in [0.05, 0.1) is 5.69 Å². The molecule has 1 aromatic carbocycles.